The van der Waals surface area contributed by atoms with Crippen molar-refractivity contribution in [2.45, 2.75) is 18.4 Å². The summed E-state index contributed by atoms with van der Waals surface area (Å²) in [4.78, 5) is 0. The van der Waals surface area contributed by atoms with Crippen LogP contribution in [0.3, 0.4) is 0 Å². The van der Waals surface area contributed by atoms with Gasteiger partial charge in [-0.1, -0.05) is 6.07 Å². The van der Waals surface area contributed by atoms with Gasteiger partial charge in [0.25, 0.3) is 0 Å². The molecule has 3 N–H and O–H groups in total. The Morgan fingerprint density at radius 2 is 2.20 bits per heavy atom. The highest BCUT2D eigenvalue weighted by atomic mass is 79.9. The van der Waals surface area contributed by atoms with Crippen molar-refractivity contribution >= 4 is 28.3 Å². The first-order valence-electron chi connectivity index (χ1n) is 4.45. The zero-order valence-corrected chi connectivity index (χ0v) is 10.4. The van der Waals surface area contributed by atoms with Crippen molar-refractivity contribution in [2.75, 3.05) is 6.61 Å². The summed E-state index contributed by atoms with van der Waals surface area (Å²) in [5.74, 6) is -0.247. The van der Waals surface area contributed by atoms with Gasteiger partial charge in [-0.2, -0.15) is 0 Å². The molecule has 0 aromatic heterocycles. The Morgan fingerprint density at radius 3 is 2.80 bits per heavy atom. The van der Waals surface area contributed by atoms with Crippen molar-refractivity contribution in [3.63, 3.8) is 0 Å². The van der Waals surface area contributed by atoms with Crippen LogP contribution >= 0.6 is 28.3 Å². The third kappa shape index (κ3) is 1.91. The van der Waals surface area contributed by atoms with Crippen LogP contribution in [0.5, 0.6) is 0 Å². The fourth-order valence-electron chi connectivity index (χ4n) is 1.95. The summed E-state index contributed by atoms with van der Waals surface area (Å²) in [6.45, 7) is -0.138. The maximum atomic E-state index is 13.6. The molecule has 0 fully saturated rings. The van der Waals surface area contributed by atoms with E-state index in [0.717, 1.165) is 5.56 Å². The number of halogens is 3. The van der Waals surface area contributed by atoms with Crippen LogP contribution in [-0.2, 0) is 12.0 Å². The van der Waals surface area contributed by atoms with Crippen molar-refractivity contribution in [1.82, 2.24) is 0 Å². The van der Waals surface area contributed by atoms with Gasteiger partial charge in [0.05, 0.1) is 16.6 Å². The van der Waals surface area contributed by atoms with E-state index in [-0.39, 0.29) is 24.8 Å². The molecule has 0 bridgehead atoms. The van der Waals surface area contributed by atoms with Crippen LogP contribution in [0, 0.1) is 5.82 Å². The second-order valence-electron chi connectivity index (χ2n) is 3.70. The lowest BCUT2D eigenvalue weighted by molar-refractivity contribution is 0.197. The van der Waals surface area contributed by atoms with Crippen molar-refractivity contribution < 1.29 is 9.50 Å². The summed E-state index contributed by atoms with van der Waals surface area (Å²) in [5.41, 5.74) is 6.58. The highest BCUT2D eigenvalue weighted by Crippen LogP contribution is 2.37. The summed E-state index contributed by atoms with van der Waals surface area (Å²) in [6, 6.07) is 3.42. The SMILES string of the molecule is Cl.N[C@@]1(CO)CCc2c1ccc(Br)c2F. The molecule has 1 aromatic rings. The number of fused-ring (bicyclic) bond motifs is 1. The van der Waals surface area contributed by atoms with E-state index in [0.29, 0.717) is 22.9 Å². The zero-order valence-electron chi connectivity index (χ0n) is 7.96. The van der Waals surface area contributed by atoms with Crippen LogP contribution in [0.25, 0.3) is 0 Å². The van der Waals surface area contributed by atoms with E-state index in [1.807, 2.05) is 0 Å². The standard InChI is InChI=1S/C10H11BrFNO.ClH/c11-8-2-1-7-6(9(8)12)3-4-10(7,13)5-14;/h1-2,14H,3-5,13H2;1H/t10-;/m1./s1. The second-order valence-corrected chi connectivity index (χ2v) is 4.56. The Bertz CT molecular complexity index is 388. The summed E-state index contributed by atoms with van der Waals surface area (Å²) in [7, 11) is 0. The third-order valence-corrected chi connectivity index (χ3v) is 3.45. The normalized spacial score (nSPS) is 23.5. The van der Waals surface area contributed by atoms with Crippen LogP contribution in [0.4, 0.5) is 4.39 Å². The molecular formula is C10H12BrClFNO. The molecule has 1 atom stereocenters. The average Bonchev–Trinajstić information content (AvgIpc) is 2.52. The molecule has 84 valence electrons. The summed E-state index contributed by atoms with van der Waals surface area (Å²) >= 11 is 3.13. The van der Waals surface area contributed by atoms with E-state index in [9.17, 15) is 9.50 Å². The number of aliphatic hydroxyl groups excluding tert-OH is 1. The van der Waals surface area contributed by atoms with Gasteiger partial charge in [-0.3, -0.25) is 0 Å². The quantitative estimate of drug-likeness (QED) is 0.834. The smallest absolute Gasteiger partial charge is 0.140 e. The molecule has 0 amide bonds. The average molecular weight is 297 g/mol. The van der Waals surface area contributed by atoms with Gasteiger partial charge in [-0.15, -0.1) is 12.4 Å². The fraction of sp³-hybridized carbons (Fsp3) is 0.400. The molecule has 15 heavy (non-hydrogen) atoms. The Kier molecular flexibility index (Phi) is 3.76. The summed E-state index contributed by atoms with van der Waals surface area (Å²) < 4.78 is 14.1. The number of aliphatic hydroxyl groups is 1. The van der Waals surface area contributed by atoms with Gasteiger partial charge in [0.1, 0.15) is 5.82 Å². The molecule has 0 saturated carbocycles. The first kappa shape index (κ1) is 12.9. The molecule has 1 aliphatic rings. The number of benzene rings is 1. The first-order chi connectivity index (χ1) is 6.58. The van der Waals surface area contributed by atoms with E-state index < -0.39 is 5.54 Å². The minimum Gasteiger partial charge on any atom is -0.394 e. The lowest BCUT2D eigenvalue weighted by Gasteiger charge is -2.22. The van der Waals surface area contributed by atoms with Crippen LogP contribution in [-0.4, -0.2) is 11.7 Å². The van der Waals surface area contributed by atoms with Crippen LogP contribution < -0.4 is 5.73 Å². The molecule has 2 nitrogen and oxygen atoms in total. The van der Waals surface area contributed by atoms with E-state index in [1.54, 1.807) is 12.1 Å². The molecule has 1 aliphatic carbocycles. The Hall–Kier alpha value is -0.160. The lowest BCUT2D eigenvalue weighted by Crippen LogP contribution is -2.38. The van der Waals surface area contributed by atoms with Gasteiger partial charge in [0.15, 0.2) is 0 Å². The fourth-order valence-corrected chi connectivity index (χ4v) is 2.32. The third-order valence-electron chi connectivity index (χ3n) is 2.84. The van der Waals surface area contributed by atoms with Gasteiger partial charge in [-0.25, -0.2) is 4.39 Å². The van der Waals surface area contributed by atoms with Crippen LogP contribution in [0.2, 0.25) is 0 Å². The molecule has 1 aromatic carbocycles. The minimum atomic E-state index is -0.753. The largest absolute Gasteiger partial charge is 0.394 e. The van der Waals surface area contributed by atoms with Crippen LogP contribution in [0.1, 0.15) is 17.5 Å². The predicted octanol–water partition coefficient (Wildman–Crippen LogP) is 2.10. The monoisotopic (exact) mass is 295 g/mol. The molecule has 5 heteroatoms. The van der Waals surface area contributed by atoms with E-state index in [4.69, 9.17) is 5.73 Å². The van der Waals surface area contributed by atoms with Gasteiger partial charge in [0, 0.05) is 0 Å². The molecular weight excluding hydrogens is 284 g/mol. The molecule has 0 aliphatic heterocycles. The van der Waals surface area contributed by atoms with E-state index in [1.165, 1.54) is 0 Å². The minimum absolute atomic E-state index is 0. The lowest BCUT2D eigenvalue weighted by atomic mass is 9.94. The topological polar surface area (TPSA) is 46.2 Å². The van der Waals surface area contributed by atoms with Gasteiger partial charge < -0.3 is 10.8 Å². The molecule has 0 spiro atoms. The van der Waals surface area contributed by atoms with Gasteiger partial charge in [0.2, 0.25) is 0 Å². The van der Waals surface area contributed by atoms with Crippen molar-refractivity contribution in [1.29, 1.82) is 0 Å². The molecule has 2 rings (SSSR count). The number of hydrogen-bond acceptors (Lipinski definition) is 2. The molecule has 0 radical (unpaired) electrons. The van der Waals surface area contributed by atoms with Crippen molar-refractivity contribution in [3.8, 4) is 0 Å². The molecule has 0 saturated heterocycles. The van der Waals surface area contributed by atoms with Gasteiger partial charge in [-0.05, 0) is 46.0 Å². The van der Waals surface area contributed by atoms with Crippen molar-refractivity contribution in [3.05, 3.63) is 33.5 Å². The maximum absolute atomic E-state index is 13.6. The number of hydrogen-bond donors (Lipinski definition) is 2. The molecule has 0 unspecified atom stereocenters. The van der Waals surface area contributed by atoms with Crippen LogP contribution in [0.15, 0.2) is 16.6 Å². The Labute approximate surface area is 102 Å². The molecule has 0 heterocycles. The number of nitrogens with two attached hydrogens (primary N) is 1. The Balaban J connectivity index is 0.00000112. The van der Waals surface area contributed by atoms with E-state index in [2.05, 4.69) is 15.9 Å². The Morgan fingerprint density at radius 1 is 1.53 bits per heavy atom. The number of rotatable bonds is 1. The van der Waals surface area contributed by atoms with Gasteiger partial charge >= 0.3 is 0 Å². The zero-order chi connectivity index (χ0) is 10.3. The first-order valence-corrected chi connectivity index (χ1v) is 5.25. The summed E-state index contributed by atoms with van der Waals surface area (Å²) in [6.07, 6.45) is 1.20. The second kappa shape index (κ2) is 4.37. The predicted molar refractivity (Wildman–Crippen MR) is 62.6 cm³/mol. The maximum Gasteiger partial charge on any atom is 0.140 e. The highest BCUT2D eigenvalue weighted by Gasteiger charge is 2.36. The summed E-state index contributed by atoms with van der Waals surface area (Å²) in [5, 5.41) is 9.17. The highest BCUT2D eigenvalue weighted by molar-refractivity contribution is 9.10. The van der Waals surface area contributed by atoms with E-state index >= 15 is 0 Å². The van der Waals surface area contributed by atoms with Crippen molar-refractivity contribution in [2.24, 2.45) is 5.73 Å².